The van der Waals surface area contributed by atoms with Crippen LogP contribution in [0.15, 0.2) is 24.3 Å². The predicted octanol–water partition coefficient (Wildman–Crippen LogP) is 4.84. The fraction of sp³-hybridized carbons (Fsp3) is 0.692. The van der Waals surface area contributed by atoms with E-state index in [9.17, 15) is 9.59 Å². The first-order valence-electron chi connectivity index (χ1n) is 12.3. The molecule has 4 nitrogen and oxygen atoms in total. The van der Waals surface area contributed by atoms with Crippen molar-refractivity contribution in [1.29, 1.82) is 0 Å². The van der Waals surface area contributed by atoms with Gasteiger partial charge in [-0.05, 0) is 105 Å². The normalized spacial score (nSPS) is 32.3. The van der Waals surface area contributed by atoms with E-state index in [-0.39, 0.29) is 23.8 Å². The number of benzene rings is 1. The Morgan fingerprint density at radius 1 is 0.968 bits per heavy atom. The number of nitrogens with one attached hydrogen (secondary N) is 1. The zero-order valence-electron chi connectivity index (χ0n) is 18.5. The number of hydrogen-bond donors (Lipinski definition) is 1. The summed E-state index contributed by atoms with van der Waals surface area (Å²) >= 11 is 5.97. The van der Waals surface area contributed by atoms with Crippen LogP contribution in [0, 0.1) is 29.1 Å². The largest absolute Gasteiger partial charge is 0.347 e. The van der Waals surface area contributed by atoms with Crippen LogP contribution in [0.4, 0.5) is 0 Å². The van der Waals surface area contributed by atoms with Crippen molar-refractivity contribution < 1.29 is 9.59 Å². The summed E-state index contributed by atoms with van der Waals surface area (Å²) in [6, 6.07) is 8.08. The van der Waals surface area contributed by atoms with Gasteiger partial charge >= 0.3 is 0 Å². The van der Waals surface area contributed by atoms with Gasteiger partial charge in [-0.3, -0.25) is 9.59 Å². The molecule has 4 bridgehead atoms. The highest BCUT2D eigenvalue weighted by Crippen LogP contribution is 2.61. The van der Waals surface area contributed by atoms with Gasteiger partial charge < -0.3 is 10.2 Å². The minimum Gasteiger partial charge on any atom is -0.347 e. The molecule has 0 aromatic heterocycles. The lowest BCUT2D eigenvalue weighted by Crippen LogP contribution is -2.49. The van der Waals surface area contributed by atoms with Crippen molar-refractivity contribution in [1.82, 2.24) is 10.2 Å². The van der Waals surface area contributed by atoms with Gasteiger partial charge in [0.25, 0.3) is 0 Å². The Labute approximate surface area is 191 Å². The number of halogens is 1. The van der Waals surface area contributed by atoms with E-state index in [0.717, 1.165) is 55.1 Å². The van der Waals surface area contributed by atoms with Crippen molar-refractivity contribution in [2.75, 3.05) is 19.6 Å². The molecule has 0 radical (unpaired) electrons. The van der Waals surface area contributed by atoms with E-state index in [2.05, 4.69) is 17.4 Å². The molecule has 1 aromatic rings. The second-order valence-electron chi connectivity index (χ2n) is 11.0. The van der Waals surface area contributed by atoms with Gasteiger partial charge in [0.2, 0.25) is 11.8 Å². The van der Waals surface area contributed by atoms with Gasteiger partial charge in [-0.25, -0.2) is 0 Å². The number of piperidine rings is 1. The molecule has 0 spiro atoms. The Morgan fingerprint density at radius 2 is 1.55 bits per heavy atom. The average Bonchev–Trinajstić information content (AvgIpc) is 2.73. The summed E-state index contributed by atoms with van der Waals surface area (Å²) in [5.74, 6) is 3.34. The van der Waals surface area contributed by atoms with E-state index in [1.54, 1.807) is 0 Å². The number of carbonyl (C=O) groups excluding carboxylic acids is 2. The third-order valence-corrected chi connectivity index (χ3v) is 8.79. The Morgan fingerprint density at radius 3 is 2.13 bits per heavy atom. The Balaban J connectivity index is 1.04. The highest BCUT2D eigenvalue weighted by atomic mass is 35.5. The molecule has 0 unspecified atom stereocenters. The zero-order chi connectivity index (χ0) is 21.4. The summed E-state index contributed by atoms with van der Waals surface area (Å²) in [6.07, 6.45) is 11.6. The van der Waals surface area contributed by atoms with Crippen molar-refractivity contribution in [2.24, 2.45) is 29.1 Å². The standard InChI is InChI=1S/C26H35ClN2O2/c27-23-3-1-18(2-4-23)9-19-5-7-29(8-6-19)25(31)17-28-24(30)16-26-13-20-10-21(14-26)12-22(11-20)15-26/h1-4,19-22H,5-17H2,(H,28,30). The summed E-state index contributed by atoms with van der Waals surface area (Å²) < 4.78 is 0. The Hall–Kier alpha value is -1.55. The molecule has 168 valence electrons. The summed E-state index contributed by atoms with van der Waals surface area (Å²) in [4.78, 5) is 27.3. The monoisotopic (exact) mass is 442 g/mol. The van der Waals surface area contributed by atoms with Crippen molar-refractivity contribution in [3.8, 4) is 0 Å². The minimum atomic E-state index is 0.0730. The zero-order valence-corrected chi connectivity index (χ0v) is 19.2. The molecule has 0 atom stereocenters. The van der Waals surface area contributed by atoms with Gasteiger partial charge in [-0.2, -0.15) is 0 Å². The van der Waals surface area contributed by atoms with Crippen molar-refractivity contribution in [3.05, 3.63) is 34.9 Å². The average molecular weight is 443 g/mol. The molecule has 5 aliphatic rings. The summed E-state index contributed by atoms with van der Waals surface area (Å²) in [6.45, 7) is 1.75. The number of nitrogens with zero attached hydrogens (tertiary/aromatic N) is 1. The summed E-state index contributed by atoms with van der Waals surface area (Å²) in [5.41, 5.74) is 1.55. The van der Waals surface area contributed by atoms with Gasteiger partial charge in [0, 0.05) is 24.5 Å². The van der Waals surface area contributed by atoms with Crippen LogP contribution >= 0.6 is 11.6 Å². The van der Waals surface area contributed by atoms with Crippen molar-refractivity contribution in [2.45, 2.75) is 64.2 Å². The van der Waals surface area contributed by atoms with Crippen LogP contribution in [0.5, 0.6) is 0 Å². The van der Waals surface area contributed by atoms with E-state index in [1.165, 1.54) is 44.1 Å². The Kier molecular flexibility index (Phi) is 6.02. The molecule has 1 aliphatic heterocycles. The second-order valence-corrected chi connectivity index (χ2v) is 11.5. The molecule has 1 aromatic carbocycles. The first-order chi connectivity index (χ1) is 15.0. The first-order valence-corrected chi connectivity index (χ1v) is 12.6. The summed E-state index contributed by atoms with van der Waals surface area (Å²) in [5, 5.41) is 3.74. The van der Waals surface area contributed by atoms with Crippen LogP contribution in [0.3, 0.4) is 0 Å². The number of amides is 2. The summed E-state index contributed by atoms with van der Waals surface area (Å²) in [7, 11) is 0. The maximum atomic E-state index is 12.7. The Bertz CT molecular complexity index is 778. The fourth-order valence-corrected chi connectivity index (χ4v) is 7.66. The predicted molar refractivity (Wildman–Crippen MR) is 123 cm³/mol. The molecule has 5 heteroatoms. The van der Waals surface area contributed by atoms with E-state index in [0.29, 0.717) is 12.3 Å². The molecule has 4 saturated carbocycles. The van der Waals surface area contributed by atoms with Crippen molar-refractivity contribution in [3.63, 3.8) is 0 Å². The fourth-order valence-electron chi connectivity index (χ4n) is 7.54. The number of hydrogen-bond acceptors (Lipinski definition) is 2. The topological polar surface area (TPSA) is 49.4 Å². The molecule has 5 fully saturated rings. The van der Waals surface area contributed by atoms with Crippen LogP contribution in [0.25, 0.3) is 0 Å². The molecule has 31 heavy (non-hydrogen) atoms. The maximum absolute atomic E-state index is 12.7. The molecular formula is C26H35ClN2O2. The lowest BCUT2D eigenvalue weighted by molar-refractivity contribution is -0.136. The molecule has 2 amide bonds. The van der Waals surface area contributed by atoms with Gasteiger partial charge in [0.05, 0.1) is 6.54 Å². The number of carbonyl (C=O) groups is 2. The van der Waals surface area contributed by atoms with Crippen LogP contribution < -0.4 is 5.32 Å². The quantitative estimate of drug-likeness (QED) is 0.685. The smallest absolute Gasteiger partial charge is 0.241 e. The highest BCUT2D eigenvalue weighted by Gasteiger charge is 2.51. The van der Waals surface area contributed by atoms with E-state index in [1.807, 2.05) is 17.0 Å². The van der Waals surface area contributed by atoms with Crippen LogP contribution in [-0.4, -0.2) is 36.3 Å². The molecule has 1 heterocycles. The van der Waals surface area contributed by atoms with Gasteiger partial charge in [0.1, 0.15) is 0 Å². The number of likely N-dealkylation sites (tertiary alicyclic amines) is 1. The van der Waals surface area contributed by atoms with E-state index >= 15 is 0 Å². The SMILES string of the molecule is O=C(CC12CC3CC(CC(C3)C1)C2)NCC(=O)N1CCC(Cc2ccc(Cl)cc2)CC1. The van der Waals surface area contributed by atoms with E-state index in [4.69, 9.17) is 11.6 Å². The van der Waals surface area contributed by atoms with Gasteiger partial charge in [0.15, 0.2) is 0 Å². The van der Waals surface area contributed by atoms with Crippen LogP contribution in [-0.2, 0) is 16.0 Å². The molecule has 4 aliphatic carbocycles. The molecule has 1 saturated heterocycles. The lowest BCUT2D eigenvalue weighted by atomic mass is 9.49. The van der Waals surface area contributed by atoms with Gasteiger partial charge in [-0.1, -0.05) is 23.7 Å². The minimum absolute atomic E-state index is 0.0730. The molecular weight excluding hydrogens is 408 g/mol. The molecule has 1 N–H and O–H groups in total. The van der Waals surface area contributed by atoms with Crippen LogP contribution in [0.2, 0.25) is 5.02 Å². The maximum Gasteiger partial charge on any atom is 0.241 e. The van der Waals surface area contributed by atoms with E-state index < -0.39 is 0 Å². The molecule has 6 rings (SSSR count). The highest BCUT2D eigenvalue weighted by molar-refractivity contribution is 6.30. The lowest BCUT2D eigenvalue weighted by Gasteiger charge is -2.56. The van der Waals surface area contributed by atoms with Crippen LogP contribution in [0.1, 0.15) is 63.4 Å². The number of rotatable bonds is 6. The van der Waals surface area contributed by atoms with Crippen molar-refractivity contribution >= 4 is 23.4 Å². The second kappa shape index (κ2) is 8.77. The third kappa shape index (κ3) is 4.94. The van der Waals surface area contributed by atoms with Gasteiger partial charge in [-0.15, -0.1) is 0 Å². The third-order valence-electron chi connectivity index (χ3n) is 8.54. The first kappa shape index (κ1) is 21.3.